The Balaban J connectivity index is 3.64. The smallest absolute Gasteiger partial charge is 0.333 e. The minimum atomic E-state index is -2.11. The minimum absolute atomic E-state index is 0.340. The zero-order valence-electron chi connectivity index (χ0n) is 10.7. The number of hydrogen-bond donors (Lipinski definition) is 0. The highest BCUT2D eigenvalue weighted by Crippen LogP contribution is 2.29. The molecule has 0 aliphatic heterocycles. The Kier molecular flexibility index (Phi) is 9.01. The molecule has 0 rings (SSSR count). The normalized spacial score (nSPS) is 11.3. The van der Waals surface area contributed by atoms with Crippen LogP contribution in [-0.2, 0) is 9.53 Å². The van der Waals surface area contributed by atoms with Gasteiger partial charge in [-0.05, 0) is 25.4 Å². The van der Waals surface area contributed by atoms with Gasteiger partial charge in [-0.25, -0.2) is 4.79 Å². The van der Waals surface area contributed by atoms with Crippen molar-refractivity contribution in [2.45, 2.75) is 51.6 Å². The van der Waals surface area contributed by atoms with E-state index in [1.807, 2.05) is 0 Å². The molecule has 0 aromatic rings. The first-order chi connectivity index (χ1) is 7.89. The topological polar surface area (TPSA) is 26.3 Å². The number of halogens is 2. The van der Waals surface area contributed by atoms with Crippen LogP contribution in [0.1, 0.15) is 39.5 Å². The first-order valence-corrected chi connectivity index (χ1v) is 10.5. The maximum atomic E-state index is 11.1. The molecule has 100 valence electrons. The Hall–Kier alpha value is 0.00688. The second-order valence-electron chi connectivity index (χ2n) is 4.33. The zero-order valence-corrected chi connectivity index (χ0v) is 13.2. The Bertz CT molecular complexity index is 255. The fourth-order valence-corrected chi connectivity index (χ4v) is 4.66. The van der Waals surface area contributed by atoms with Crippen molar-refractivity contribution in [2.24, 2.45) is 0 Å². The molecule has 0 bridgehead atoms. The van der Waals surface area contributed by atoms with Crippen LogP contribution in [0.2, 0.25) is 12.1 Å². The standard InChI is InChI=1S/C12H22Cl2O2Si/c1-4-5-6-9-17(13,14)10-7-8-16-12(15)11(2)3/h2,4-10H2,1,3H3. The van der Waals surface area contributed by atoms with Crippen LogP contribution in [0.15, 0.2) is 12.2 Å². The molecule has 0 heterocycles. The van der Waals surface area contributed by atoms with Crippen LogP contribution in [0.25, 0.3) is 0 Å². The molecule has 0 spiro atoms. The monoisotopic (exact) mass is 296 g/mol. The van der Waals surface area contributed by atoms with Crippen LogP contribution in [0, 0.1) is 0 Å². The lowest BCUT2D eigenvalue weighted by atomic mass is 10.3. The number of carbonyl (C=O) groups is 1. The van der Waals surface area contributed by atoms with E-state index < -0.39 is 6.69 Å². The van der Waals surface area contributed by atoms with Crippen LogP contribution >= 0.6 is 22.2 Å². The summed E-state index contributed by atoms with van der Waals surface area (Å²) < 4.78 is 4.99. The van der Waals surface area contributed by atoms with Gasteiger partial charge in [0.2, 0.25) is 0 Å². The van der Waals surface area contributed by atoms with Crippen LogP contribution in [-0.4, -0.2) is 19.3 Å². The van der Waals surface area contributed by atoms with Gasteiger partial charge in [-0.1, -0.05) is 32.8 Å². The molecule has 0 aliphatic rings. The van der Waals surface area contributed by atoms with Gasteiger partial charge in [-0.3, -0.25) is 0 Å². The molecule has 0 atom stereocenters. The van der Waals surface area contributed by atoms with Gasteiger partial charge in [0.1, 0.15) is 0 Å². The van der Waals surface area contributed by atoms with E-state index in [4.69, 9.17) is 26.9 Å². The summed E-state index contributed by atoms with van der Waals surface area (Å²) in [6, 6.07) is 1.71. The Labute approximate surface area is 115 Å². The first kappa shape index (κ1) is 17.0. The molecular weight excluding hydrogens is 275 g/mol. The van der Waals surface area contributed by atoms with Gasteiger partial charge >= 0.3 is 5.97 Å². The fraction of sp³-hybridized carbons (Fsp3) is 0.750. The second-order valence-corrected chi connectivity index (χ2v) is 12.0. The van der Waals surface area contributed by atoms with Crippen molar-refractivity contribution in [3.63, 3.8) is 0 Å². The van der Waals surface area contributed by atoms with Crippen molar-refractivity contribution in [2.75, 3.05) is 6.61 Å². The van der Waals surface area contributed by atoms with Crippen LogP contribution in [0.3, 0.4) is 0 Å². The first-order valence-electron chi connectivity index (χ1n) is 6.09. The highest BCUT2D eigenvalue weighted by atomic mass is 35.7. The van der Waals surface area contributed by atoms with Crippen molar-refractivity contribution in [3.05, 3.63) is 12.2 Å². The number of esters is 1. The second kappa shape index (κ2) is 9.01. The molecule has 17 heavy (non-hydrogen) atoms. The minimum Gasteiger partial charge on any atom is -0.462 e. The van der Waals surface area contributed by atoms with Crippen LogP contribution in [0.5, 0.6) is 0 Å². The zero-order chi connectivity index (χ0) is 13.3. The van der Waals surface area contributed by atoms with E-state index in [0.717, 1.165) is 24.9 Å². The number of unbranched alkanes of at least 4 members (excludes halogenated alkanes) is 2. The lowest BCUT2D eigenvalue weighted by Crippen LogP contribution is -2.19. The average Bonchev–Trinajstić information content (AvgIpc) is 2.24. The summed E-state index contributed by atoms with van der Waals surface area (Å²) in [6.07, 6.45) is 4.19. The number of carbonyl (C=O) groups excluding carboxylic acids is 1. The molecule has 0 aromatic carbocycles. The lowest BCUT2D eigenvalue weighted by Gasteiger charge is -2.16. The third-order valence-corrected chi connectivity index (χ3v) is 6.85. The summed E-state index contributed by atoms with van der Waals surface area (Å²) in [5, 5.41) is 0. The van der Waals surface area contributed by atoms with Crippen molar-refractivity contribution in [3.8, 4) is 0 Å². The molecule has 0 saturated heterocycles. The summed E-state index contributed by atoms with van der Waals surface area (Å²) in [5.74, 6) is -0.340. The number of hydrogen-bond acceptors (Lipinski definition) is 2. The van der Waals surface area contributed by atoms with E-state index in [9.17, 15) is 4.79 Å². The summed E-state index contributed by atoms with van der Waals surface area (Å²) in [7, 11) is 0. The lowest BCUT2D eigenvalue weighted by molar-refractivity contribution is -0.138. The predicted octanol–water partition coefficient (Wildman–Crippen LogP) is 4.61. The number of rotatable bonds is 9. The molecule has 0 saturated carbocycles. The van der Waals surface area contributed by atoms with Crippen molar-refractivity contribution < 1.29 is 9.53 Å². The molecule has 5 heteroatoms. The molecule has 0 unspecified atom stereocenters. The highest BCUT2D eigenvalue weighted by molar-refractivity contribution is 7.45. The number of ether oxygens (including phenoxy) is 1. The van der Waals surface area contributed by atoms with Gasteiger partial charge in [0.25, 0.3) is 6.69 Å². The summed E-state index contributed by atoms with van der Waals surface area (Å²) in [6.45, 7) is 5.58. The van der Waals surface area contributed by atoms with Crippen LogP contribution in [0.4, 0.5) is 0 Å². The fourth-order valence-electron chi connectivity index (χ4n) is 1.38. The van der Waals surface area contributed by atoms with E-state index in [1.54, 1.807) is 6.92 Å². The van der Waals surface area contributed by atoms with Gasteiger partial charge in [-0.15, -0.1) is 22.2 Å². The van der Waals surface area contributed by atoms with Crippen LogP contribution < -0.4 is 0 Å². The molecule has 2 nitrogen and oxygen atoms in total. The van der Waals surface area contributed by atoms with Gasteiger partial charge < -0.3 is 4.74 Å². The Morgan fingerprint density at radius 2 is 1.82 bits per heavy atom. The molecule has 0 aliphatic carbocycles. The largest absolute Gasteiger partial charge is 0.462 e. The molecule has 0 N–H and O–H groups in total. The SMILES string of the molecule is C=C(C)C(=O)OCCC[Si](Cl)(Cl)CCCCC. The van der Waals surface area contributed by atoms with E-state index in [1.165, 1.54) is 12.8 Å². The Morgan fingerprint density at radius 1 is 1.24 bits per heavy atom. The summed E-state index contributed by atoms with van der Waals surface area (Å²) in [5.41, 5.74) is 0.424. The van der Waals surface area contributed by atoms with Gasteiger partial charge in [0, 0.05) is 5.57 Å². The molecule has 0 fully saturated rings. The molecule has 0 amide bonds. The van der Waals surface area contributed by atoms with E-state index in [0.29, 0.717) is 12.2 Å². The molecule has 0 aromatic heterocycles. The van der Waals surface area contributed by atoms with Crippen molar-refractivity contribution >= 4 is 34.8 Å². The third kappa shape index (κ3) is 9.69. The van der Waals surface area contributed by atoms with E-state index >= 15 is 0 Å². The highest BCUT2D eigenvalue weighted by Gasteiger charge is 2.26. The third-order valence-electron chi connectivity index (χ3n) is 2.41. The Morgan fingerprint density at radius 3 is 2.35 bits per heavy atom. The maximum Gasteiger partial charge on any atom is 0.333 e. The summed E-state index contributed by atoms with van der Waals surface area (Å²) >= 11 is 12.6. The maximum absolute atomic E-state index is 11.1. The quantitative estimate of drug-likeness (QED) is 0.204. The van der Waals surface area contributed by atoms with Crippen molar-refractivity contribution in [1.29, 1.82) is 0 Å². The van der Waals surface area contributed by atoms with E-state index in [-0.39, 0.29) is 5.97 Å². The average molecular weight is 297 g/mol. The summed E-state index contributed by atoms with van der Waals surface area (Å²) in [4.78, 5) is 11.1. The van der Waals surface area contributed by atoms with Crippen molar-refractivity contribution in [1.82, 2.24) is 0 Å². The van der Waals surface area contributed by atoms with Gasteiger partial charge in [0.15, 0.2) is 0 Å². The predicted molar refractivity (Wildman–Crippen MR) is 77.0 cm³/mol. The van der Waals surface area contributed by atoms with E-state index in [2.05, 4.69) is 13.5 Å². The molecule has 0 radical (unpaired) electrons. The van der Waals surface area contributed by atoms with Gasteiger partial charge in [0.05, 0.1) is 6.61 Å². The molecular formula is C12H22Cl2O2Si. The van der Waals surface area contributed by atoms with Gasteiger partial charge in [-0.2, -0.15) is 0 Å².